The summed E-state index contributed by atoms with van der Waals surface area (Å²) in [5, 5.41) is 3.33. The minimum atomic E-state index is -3.97. The van der Waals surface area contributed by atoms with E-state index in [1.165, 1.54) is 23.6 Å². The molecule has 198 valence electrons. The van der Waals surface area contributed by atoms with Crippen molar-refractivity contribution in [2.45, 2.75) is 55.9 Å². The average Bonchev–Trinajstić information content (AvgIpc) is 2.88. The third kappa shape index (κ3) is 5.04. The van der Waals surface area contributed by atoms with E-state index in [4.69, 9.17) is 4.74 Å². The Morgan fingerprint density at radius 3 is 1.97 bits per heavy atom. The van der Waals surface area contributed by atoms with Gasteiger partial charge in [0.2, 0.25) is 5.91 Å². The number of carbonyl (C=O) groups excluding carboxylic acids is 1. The van der Waals surface area contributed by atoms with Gasteiger partial charge >= 0.3 is 0 Å². The second kappa shape index (κ2) is 9.77. The molecule has 4 fully saturated rings. The van der Waals surface area contributed by atoms with E-state index in [0.717, 1.165) is 24.8 Å². The van der Waals surface area contributed by atoms with Gasteiger partial charge in [-0.05, 0) is 112 Å². The molecule has 7 heteroatoms. The molecule has 0 heterocycles. The van der Waals surface area contributed by atoms with Gasteiger partial charge in [0, 0.05) is 5.54 Å². The standard InChI is InChI=1S/C31H34N2O4S/c1-22-7-13-29(14-8-22)38(35,36)33(26-9-11-28(12-10-26)37-27-5-3-2-4-6-27)21-30(34)32-31-18-23-15-24(19-31)17-25(16-23)20-31/h2-14,23-25H,15-21H2,1H3,(H,32,34). The van der Waals surface area contributed by atoms with Crippen LogP contribution in [-0.2, 0) is 14.8 Å². The van der Waals surface area contributed by atoms with E-state index in [2.05, 4.69) is 5.32 Å². The van der Waals surface area contributed by atoms with Crippen LogP contribution in [0, 0.1) is 24.7 Å². The van der Waals surface area contributed by atoms with Crippen LogP contribution in [0.15, 0.2) is 83.8 Å². The molecule has 1 amide bonds. The Balaban J connectivity index is 1.26. The van der Waals surface area contributed by atoms with Crippen LogP contribution in [0.5, 0.6) is 11.5 Å². The Morgan fingerprint density at radius 1 is 0.842 bits per heavy atom. The summed E-state index contributed by atoms with van der Waals surface area (Å²) in [5.41, 5.74) is 1.21. The van der Waals surface area contributed by atoms with Gasteiger partial charge in [0.25, 0.3) is 10.0 Å². The summed E-state index contributed by atoms with van der Waals surface area (Å²) in [6, 6.07) is 23.0. The number of sulfonamides is 1. The maximum absolute atomic E-state index is 13.8. The van der Waals surface area contributed by atoms with Gasteiger partial charge in [-0.2, -0.15) is 0 Å². The Labute approximate surface area is 225 Å². The minimum Gasteiger partial charge on any atom is -0.457 e. The van der Waals surface area contributed by atoms with Crippen molar-refractivity contribution in [1.29, 1.82) is 0 Å². The predicted octanol–water partition coefficient (Wildman–Crippen LogP) is 6.07. The number of amides is 1. The van der Waals surface area contributed by atoms with Crippen molar-refractivity contribution in [3.8, 4) is 11.5 Å². The van der Waals surface area contributed by atoms with Crippen molar-refractivity contribution in [2.75, 3.05) is 10.8 Å². The maximum Gasteiger partial charge on any atom is 0.264 e. The van der Waals surface area contributed by atoms with Crippen molar-refractivity contribution < 1.29 is 17.9 Å². The second-order valence-electron chi connectivity index (χ2n) is 11.5. The van der Waals surface area contributed by atoms with Gasteiger partial charge < -0.3 is 10.1 Å². The number of ether oxygens (including phenoxy) is 1. The molecule has 1 N–H and O–H groups in total. The fraction of sp³-hybridized carbons (Fsp3) is 0.387. The minimum absolute atomic E-state index is 0.162. The quantitative estimate of drug-likeness (QED) is 0.384. The average molecular weight is 531 g/mol. The smallest absolute Gasteiger partial charge is 0.264 e. The number of anilines is 1. The lowest BCUT2D eigenvalue weighted by molar-refractivity contribution is -0.125. The first kappa shape index (κ1) is 25.0. The van der Waals surface area contributed by atoms with Crippen LogP contribution in [-0.4, -0.2) is 26.4 Å². The van der Waals surface area contributed by atoms with Gasteiger partial charge in [-0.3, -0.25) is 9.10 Å². The van der Waals surface area contributed by atoms with E-state index in [1.807, 2.05) is 37.3 Å². The van der Waals surface area contributed by atoms with Crippen molar-refractivity contribution >= 4 is 21.6 Å². The van der Waals surface area contributed by atoms with E-state index in [1.54, 1.807) is 48.5 Å². The normalized spacial score (nSPS) is 25.7. The number of benzene rings is 3. The van der Waals surface area contributed by atoms with Crippen LogP contribution >= 0.6 is 0 Å². The van der Waals surface area contributed by atoms with Gasteiger partial charge in [-0.1, -0.05) is 35.9 Å². The molecule has 0 spiro atoms. The largest absolute Gasteiger partial charge is 0.457 e. The van der Waals surface area contributed by atoms with Crippen molar-refractivity contribution in [1.82, 2.24) is 5.32 Å². The molecule has 38 heavy (non-hydrogen) atoms. The highest BCUT2D eigenvalue weighted by molar-refractivity contribution is 7.92. The Hall–Kier alpha value is -3.32. The lowest BCUT2D eigenvalue weighted by atomic mass is 9.53. The first-order valence-corrected chi connectivity index (χ1v) is 15.0. The molecule has 4 aliphatic rings. The lowest BCUT2D eigenvalue weighted by Gasteiger charge is -2.57. The zero-order valence-corrected chi connectivity index (χ0v) is 22.5. The molecule has 3 aromatic rings. The Kier molecular flexibility index (Phi) is 6.42. The Morgan fingerprint density at radius 2 is 1.39 bits per heavy atom. The van der Waals surface area contributed by atoms with Crippen molar-refractivity contribution in [2.24, 2.45) is 17.8 Å². The number of nitrogens with one attached hydrogen (secondary N) is 1. The van der Waals surface area contributed by atoms with Gasteiger partial charge in [0.1, 0.15) is 18.0 Å². The predicted molar refractivity (Wildman–Crippen MR) is 148 cm³/mol. The Bertz CT molecular complexity index is 1370. The molecule has 0 radical (unpaired) electrons. The molecule has 4 bridgehead atoms. The summed E-state index contributed by atoms with van der Waals surface area (Å²) in [6.07, 6.45) is 6.88. The number of aryl methyl sites for hydroxylation is 1. The molecular formula is C31H34N2O4S. The first-order valence-electron chi connectivity index (χ1n) is 13.5. The number of hydrogen-bond acceptors (Lipinski definition) is 4. The third-order valence-corrected chi connectivity index (χ3v) is 10.2. The second-order valence-corrected chi connectivity index (χ2v) is 13.3. The molecule has 4 saturated carbocycles. The summed E-state index contributed by atoms with van der Waals surface area (Å²) >= 11 is 0. The number of para-hydroxylation sites is 1. The van der Waals surface area contributed by atoms with Crippen LogP contribution in [0.1, 0.15) is 44.1 Å². The van der Waals surface area contributed by atoms with Crippen LogP contribution in [0.2, 0.25) is 0 Å². The fourth-order valence-corrected chi connectivity index (χ4v) is 8.61. The number of rotatable bonds is 8. The highest BCUT2D eigenvalue weighted by Gasteiger charge is 2.51. The molecule has 0 aromatic heterocycles. The van der Waals surface area contributed by atoms with Crippen molar-refractivity contribution in [3.63, 3.8) is 0 Å². The summed E-state index contributed by atoms with van der Waals surface area (Å²) < 4.78 is 34.8. The van der Waals surface area contributed by atoms with E-state index < -0.39 is 10.0 Å². The van der Waals surface area contributed by atoms with Crippen molar-refractivity contribution in [3.05, 3.63) is 84.4 Å². The lowest BCUT2D eigenvalue weighted by Crippen LogP contribution is -2.61. The van der Waals surface area contributed by atoms with Gasteiger partial charge in [0.15, 0.2) is 0 Å². The van der Waals surface area contributed by atoms with Crippen LogP contribution in [0.3, 0.4) is 0 Å². The van der Waals surface area contributed by atoms with E-state index >= 15 is 0 Å². The van der Waals surface area contributed by atoms with Gasteiger partial charge in [-0.15, -0.1) is 0 Å². The van der Waals surface area contributed by atoms with E-state index in [9.17, 15) is 13.2 Å². The summed E-state index contributed by atoms with van der Waals surface area (Å²) in [6.45, 7) is 1.65. The van der Waals surface area contributed by atoms with Crippen LogP contribution in [0.4, 0.5) is 5.69 Å². The molecule has 3 aromatic carbocycles. The van der Waals surface area contributed by atoms with Crippen LogP contribution in [0.25, 0.3) is 0 Å². The molecule has 4 aliphatic carbocycles. The molecular weight excluding hydrogens is 496 g/mol. The molecule has 0 atom stereocenters. The molecule has 0 saturated heterocycles. The monoisotopic (exact) mass is 530 g/mol. The van der Waals surface area contributed by atoms with E-state index in [0.29, 0.717) is 34.9 Å². The van der Waals surface area contributed by atoms with Crippen LogP contribution < -0.4 is 14.4 Å². The molecule has 7 rings (SSSR count). The SMILES string of the molecule is Cc1ccc(S(=O)(=O)N(CC(=O)NC23CC4CC(CC(C4)C2)C3)c2ccc(Oc3ccccc3)cc2)cc1. The molecule has 0 aliphatic heterocycles. The summed E-state index contributed by atoms with van der Waals surface area (Å²) in [4.78, 5) is 13.7. The number of carbonyl (C=O) groups is 1. The highest BCUT2D eigenvalue weighted by atomic mass is 32.2. The van der Waals surface area contributed by atoms with Gasteiger partial charge in [-0.25, -0.2) is 8.42 Å². The third-order valence-electron chi connectivity index (χ3n) is 8.44. The number of nitrogens with zero attached hydrogens (tertiary/aromatic N) is 1. The first-order chi connectivity index (χ1) is 18.3. The maximum atomic E-state index is 13.8. The zero-order chi connectivity index (χ0) is 26.3. The summed E-state index contributed by atoms with van der Waals surface area (Å²) in [7, 11) is -3.97. The molecule has 0 unspecified atom stereocenters. The summed E-state index contributed by atoms with van der Waals surface area (Å²) in [5.74, 6) is 3.10. The van der Waals surface area contributed by atoms with Gasteiger partial charge in [0.05, 0.1) is 10.6 Å². The molecule has 6 nitrogen and oxygen atoms in total. The topological polar surface area (TPSA) is 75.7 Å². The number of hydrogen-bond donors (Lipinski definition) is 1. The van der Waals surface area contributed by atoms with E-state index in [-0.39, 0.29) is 22.9 Å². The highest BCUT2D eigenvalue weighted by Crippen LogP contribution is 2.55. The zero-order valence-electron chi connectivity index (χ0n) is 21.7. The fourth-order valence-electron chi connectivity index (χ4n) is 7.19.